The van der Waals surface area contributed by atoms with Gasteiger partial charge < -0.3 is 4.90 Å². The molecule has 4 rings (SSSR count). The van der Waals surface area contributed by atoms with Crippen molar-refractivity contribution in [3.8, 4) is 10.4 Å². The molecule has 0 bridgehead atoms. The zero-order chi connectivity index (χ0) is 16.5. The fourth-order valence-corrected chi connectivity index (χ4v) is 4.58. The minimum atomic E-state index is 0.488. The highest BCUT2D eigenvalue weighted by Gasteiger charge is 2.29. The molecule has 0 N–H and O–H groups in total. The van der Waals surface area contributed by atoms with E-state index < -0.39 is 0 Å². The third kappa shape index (κ3) is 2.92. The Bertz CT molecular complexity index is 820. The molecule has 2 atom stereocenters. The summed E-state index contributed by atoms with van der Waals surface area (Å²) < 4.78 is 0. The summed E-state index contributed by atoms with van der Waals surface area (Å²) in [6, 6.07) is 23.1. The van der Waals surface area contributed by atoms with E-state index in [-0.39, 0.29) is 0 Å². The number of benzene rings is 2. The zero-order valence-electron chi connectivity index (χ0n) is 14.3. The molecule has 1 aromatic heterocycles. The van der Waals surface area contributed by atoms with E-state index in [0.717, 1.165) is 6.42 Å². The molecule has 1 aliphatic rings. The SMILES string of the molecule is CN(C)[C@H]1Cc2ccccc2[C@@H](c2cccc(-c3cccs3)c2)C1. The van der Waals surface area contributed by atoms with Gasteiger partial charge in [-0.2, -0.15) is 0 Å². The molecule has 1 heterocycles. The van der Waals surface area contributed by atoms with Crippen molar-refractivity contribution in [2.24, 2.45) is 0 Å². The molecular formula is C22H23NS. The maximum atomic E-state index is 2.39. The summed E-state index contributed by atoms with van der Waals surface area (Å²) in [6.45, 7) is 0. The van der Waals surface area contributed by atoms with E-state index in [9.17, 15) is 0 Å². The number of hydrogen-bond donors (Lipinski definition) is 0. The fraction of sp³-hybridized carbons (Fsp3) is 0.273. The van der Waals surface area contributed by atoms with Crippen LogP contribution in [0.15, 0.2) is 66.0 Å². The summed E-state index contributed by atoms with van der Waals surface area (Å²) in [5.74, 6) is 0.488. The highest BCUT2D eigenvalue weighted by atomic mass is 32.1. The molecular weight excluding hydrogens is 310 g/mol. The molecule has 1 nitrogen and oxygen atoms in total. The Kier molecular flexibility index (Phi) is 4.26. The van der Waals surface area contributed by atoms with Crippen LogP contribution in [0.25, 0.3) is 10.4 Å². The number of thiophene rings is 1. The second-order valence-electron chi connectivity index (χ2n) is 6.91. The molecule has 3 aromatic rings. The van der Waals surface area contributed by atoms with E-state index in [1.54, 1.807) is 0 Å². The van der Waals surface area contributed by atoms with Gasteiger partial charge in [-0.15, -0.1) is 11.3 Å². The maximum absolute atomic E-state index is 2.39. The summed E-state index contributed by atoms with van der Waals surface area (Å²) in [5.41, 5.74) is 5.81. The van der Waals surface area contributed by atoms with E-state index in [1.807, 2.05) is 11.3 Å². The van der Waals surface area contributed by atoms with Crippen molar-refractivity contribution in [2.75, 3.05) is 14.1 Å². The van der Waals surface area contributed by atoms with Crippen LogP contribution in [0, 0.1) is 0 Å². The van der Waals surface area contributed by atoms with Crippen molar-refractivity contribution < 1.29 is 0 Å². The molecule has 0 saturated carbocycles. The van der Waals surface area contributed by atoms with E-state index in [4.69, 9.17) is 0 Å². The van der Waals surface area contributed by atoms with Crippen LogP contribution in [0.3, 0.4) is 0 Å². The van der Waals surface area contributed by atoms with E-state index in [2.05, 4.69) is 85.0 Å². The van der Waals surface area contributed by atoms with Crippen LogP contribution in [0.5, 0.6) is 0 Å². The highest BCUT2D eigenvalue weighted by Crippen LogP contribution is 2.39. The van der Waals surface area contributed by atoms with Crippen LogP contribution >= 0.6 is 11.3 Å². The Labute approximate surface area is 148 Å². The molecule has 2 heteroatoms. The third-order valence-electron chi connectivity index (χ3n) is 5.22. The van der Waals surface area contributed by atoms with Gasteiger partial charge in [-0.05, 0) is 66.7 Å². The van der Waals surface area contributed by atoms with Gasteiger partial charge in [0, 0.05) is 16.8 Å². The standard InChI is InChI=1S/C22H23NS/c1-23(2)19-14-17-7-3-4-10-20(17)21(15-19)16-8-5-9-18(13-16)22-11-6-12-24-22/h3-13,19,21H,14-15H2,1-2H3/t19-,21+/m0/s1. The molecule has 0 fully saturated rings. The highest BCUT2D eigenvalue weighted by molar-refractivity contribution is 7.13. The van der Waals surface area contributed by atoms with Gasteiger partial charge in [-0.3, -0.25) is 0 Å². The van der Waals surface area contributed by atoms with Gasteiger partial charge in [-0.25, -0.2) is 0 Å². The molecule has 2 aromatic carbocycles. The summed E-state index contributed by atoms with van der Waals surface area (Å²) in [4.78, 5) is 3.73. The maximum Gasteiger partial charge on any atom is 0.0342 e. The van der Waals surface area contributed by atoms with Crippen molar-refractivity contribution in [2.45, 2.75) is 24.8 Å². The topological polar surface area (TPSA) is 3.24 Å². The van der Waals surface area contributed by atoms with Gasteiger partial charge in [0.25, 0.3) is 0 Å². The van der Waals surface area contributed by atoms with Crippen molar-refractivity contribution in [3.05, 3.63) is 82.7 Å². The first-order chi connectivity index (χ1) is 11.7. The van der Waals surface area contributed by atoms with Gasteiger partial charge in [0.2, 0.25) is 0 Å². The Balaban J connectivity index is 1.76. The van der Waals surface area contributed by atoms with Crippen LogP contribution in [-0.2, 0) is 6.42 Å². The van der Waals surface area contributed by atoms with E-state index >= 15 is 0 Å². The Hall–Kier alpha value is -1.90. The van der Waals surface area contributed by atoms with Crippen LogP contribution < -0.4 is 0 Å². The molecule has 1 aliphatic carbocycles. The predicted octanol–water partition coefficient (Wildman–Crippen LogP) is 5.42. The molecule has 0 amide bonds. The molecule has 24 heavy (non-hydrogen) atoms. The van der Waals surface area contributed by atoms with E-state index in [0.29, 0.717) is 12.0 Å². The van der Waals surface area contributed by atoms with Crippen LogP contribution in [-0.4, -0.2) is 25.0 Å². The normalized spacial score (nSPS) is 20.1. The summed E-state index contributed by atoms with van der Waals surface area (Å²) in [6.07, 6.45) is 2.35. The molecule has 122 valence electrons. The van der Waals surface area contributed by atoms with Crippen molar-refractivity contribution in [1.82, 2.24) is 4.90 Å². The fourth-order valence-electron chi connectivity index (χ4n) is 3.86. The smallest absolute Gasteiger partial charge is 0.0342 e. The summed E-state index contributed by atoms with van der Waals surface area (Å²) in [7, 11) is 4.41. The zero-order valence-corrected chi connectivity index (χ0v) is 15.1. The summed E-state index contributed by atoms with van der Waals surface area (Å²) >= 11 is 1.81. The van der Waals surface area contributed by atoms with Crippen molar-refractivity contribution in [1.29, 1.82) is 0 Å². The number of rotatable bonds is 3. The summed E-state index contributed by atoms with van der Waals surface area (Å²) in [5, 5.41) is 2.15. The van der Waals surface area contributed by atoms with Crippen LogP contribution in [0.4, 0.5) is 0 Å². The van der Waals surface area contributed by atoms with Crippen molar-refractivity contribution >= 4 is 11.3 Å². The lowest BCUT2D eigenvalue weighted by atomic mass is 9.76. The Morgan fingerprint density at radius 3 is 2.62 bits per heavy atom. The molecule has 0 unspecified atom stereocenters. The van der Waals surface area contributed by atoms with Crippen LogP contribution in [0.2, 0.25) is 0 Å². The monoisotopic (exact) mass is 333 g/mol. The van der Waals surface area contributed by atoms with E-state index in [1.165, 1.54) is 33.6 Å². The third-order valence-corrected chi connectivity index (χ3v) is 6.14. The molecule has 0 spiro atoms. The lowest BCUT2D eigenvalue weighted by Gasteiger charge is -2.35. The molecule has 0 saturated heterocycles. The predicted molar refractivity (Wildman–Crippen MR) is 104 cm³/mol. The van der Waals surface area contributed by atoms with Gasteiger partial charge in [0.15, 0.2) is 0 Å². The first kappa shape index (κ1) is 15.6. The van der Waals surface area contributed by atoms with Gasteiger partial charge >= 0.3 is 0 Å². The lowest BCUT2D eigenvalue weighted by Crippen LogP contribution is -2.35. The second-order valence-corrected chi connectivity index (χ2v) is 7.86. The minimum Gasteiger partial charge on any atom is -0.306 e. The largest absolute Gasteiger partial charge is 0.306 e. The average molecular weight is 334 g/mol. The van der Waals surface area contributed by atoms with Gasteiger partial charge in [0.05, 0.1) is 0 Å². The van der Waals surface area contributed by atoms with Crippen LogP contribution in [0.1, 0.15) is 29.0 Å². The molecule has 0 radical (unpaired) electrons. The Morgan fingerprint density at radius 1 is 0.958 bits per heavy atom. The van der Waals surface area contributed by atoms with Gasteiger partial charge in [-0.1, -0.05) is 48.5 Å². The van der Waals surface area contributed by atoms with Crippen molar-refractivity contribution in [3.63, 3.8) is 0 Å². The second kappa shape index (κ2) is 6.54. The first-order valence-electron chi connectivity index (χ1n) is 8.60. The number of fused-ring (bicyclic) bond motifs is 1. The van der Waals surface area contributed by atoms with Gasteiger partial charge in [0.1, 0.15) is 0 Å². The Morgan fingerprint density at radius 2 is 1.83 bits per heavy atom. The number of likely N-dealkylation sites (N-methyl/N-ethyl adjacent to an activating group) is 1. The minimum absolute atomic E-state index is 0.488. The first-order valence-corrected chi connectivity index (χ1v) is 9.48. The number of hydrogen-bond acceptors (Lipinski definition) is 2. The number of nitrogens with zero attached hydrogens (tertiary/aromatic N) is 1. The lowest BCUT2D eigenvalue weighted by molar-refractivity contribution is 0.258. The average Bonchev–Trinajstić information content (AvgIpc) is 3.15. The molecule has 0 aliphatic heterocycles. The quantitative estimate of drug-likeness (QED) is 0.618.